The SMILES string of the molecule is COC(=O)C(C)Sc1cc(-n2ncc(C)cc2=O)c(F)cc1Cl.COC(=O)C(C)Sc1cc(N/N=C\C(=O)C(F)(F)F)c(F)cc1Cl.COC(=O)C(C)Sc1cc(NN)c(F)cc1Cl. The van der Waals surface area contributed by atoms with Gasteiger partial charge < -0.3 is 19.6 Å². The number of nitrogen functional groups attached to an aromatic ring is 1. The normalized spacial score (nSPS) is 12.4. The first-order valence-electron chi connectivity index (χ1n) is 17.5. The fraction of sp³-hybridized carbons (Fsp3) is 0.289. The number of rotatable bonds is 14. The number of carbonyl (C=O) groups excluding carboxylic acids is 4. The first-order chi connectivity index (χ1) is 29.9. The van der Waals surface area contributed by atoms with Gasteiger partial charge in [0.1, 0.15) is 33.1 Å². The van der Waals surface area contributed by atoms with Crippen LogP contribution in [0.4, 0.5) is 37.7 Å². The van der Waals surface area contributed by atoms with E-state index in [4.69, 9.17) is 40.6 Å². The predicted octanol–water partition coefficient (Wildman–Crippen LogP) is 9.07. The van der Waals surface area contributed by atoms with Crippen molar-refractivity contribution in [2.75, 3.05) is 32.2 Å². The van der Waals surface area contributed by atoms with Crippen LogP contribution in [0.1, 0.15) is 26.3 Å². The second kappa shape index (κ2) is 25.7. The van der Waals surface area contributed by atoms with E-state index in [0.29, 0.717) is 15.4 Å². The first kappa shape index (κ1) is 55.5. The average molecular weight is 1020 g/mol. The third kappa shape index (κ3) is 16.7. The Bertz CT molecular complexity index is 2420. The number of nitrogens with two attached hydrogens (primary N) is 1. The zero-order valence-electron chi connectivity index (χ0n) is 34.2. The molecule has 3 unspecified atom stereocenters. The van der Waals surface area contributed by atoms with Crippen molar-refractivity contribution in [1.82, 2.24) is 9.78 Å². The van der Waals surface area contributed by atoms with Crippen LogP contribution in [0.2, 0.25) is 15.1 Å². The summed E-state index contributed by atoms with van der Waals surface area (Å²) in [4.78, 5) is 58.0. The molecule has 4 aromatic rings. The lowest BCUT2D eigenvalue weighted by Gasteiger charge is -2.13. The summed E-state index contributed by atoms with van der Waals surface area (Å²) in [5.41, 5.74) is 4.20. The molecular formula is C38H37Cl3F6N6O8S3. The predicted molar refractivity (Wildman–Crippen MR) is 235 cm³/mol. The maximum Gasteiger partial charge on any atom is 0.455 e. The molecular weight excluding hydrogens is 985 g/mol. The van der Waals surface area contributed by atoms with E-state index in [1.165, 1.54) is 64.4 Å². The van der Waals surface area contributed by atoms with Gasteiger partial charge in [-0.25, -0.2) is 13.2 Å². The molecule has 0 amide bonds. The lowest BCUT2D eigenvalue weighted by molar-refractivity contribution is -0.162. The summed E-state index contributed by atoms with van der Waals surface area (Å²) >= 11 is 21.0. The summed E-state index contributed by atoms with van der Waals surface area (Å²) in [5, 5.41) is 5.72. The van der Waals surface area contributed by atoms with Crippen molar-refractivity contribution < 1.29 is 59.7 Å². The molecule has 3 atom stereocenters. The lowest BCUT2D eigenvalue weighted by Crippen LogP contribution is -2.24. The Morgan fingerprint density at radius 1 is 0.734 bits per heavy atom. The van der Waals surface area contributed by atoms with E-state index < -0.39 is 62.7 Å². The molecule has 0 aliphatic heterocycles. The Morgan fingerprint density at radius 3 is 1.55 bits per heavy atom. The van der Waals surface area contributed by atoms with Crippen molar-refractivity contribution in [3.05, 3.63) is 97.1 Å². The van der Waals surface area contributed by atoms with Crippen molar-refractivity contribution in [3.63, 3.8) is 0 Å². The zero-order chi connectivity index (χ0) is 48.6. The molecule has 64 heavy (non-hydrogen) atoms. The van der Waals surface area contributed by atoms with Crippen molar-refractivity contribution in [3.8, 4) is 5.69 Å². The van der Waals surface area contributed by atoms with Crippen molar-refractivity contribution in [2.24, 2.45) is 10.9 Å². The molecule has 4 rings (SSSR count). The van der Waals surface area contributed by atoms with Crippen LogP contribution in [0.25, 0.3) is 5.69 Å². The fourth-order valence-corrected chi connectivity index (χ4v) is 7.97. The number of aryl methyl sites for hydroxylation is 1. The van der Waals surface area contributed by atoms with Crippen LogP contribution >= 0.6 is 70.1 Å². The van der Waals surface area contributed by atoms with E-state index in [-0.39, 0.29) is 49.2 Å². The number of anilines is 2. The number of ether oxygens (including phenoxy) is 3. The smallest absolute Gasteiger partial charge is 0.455 e. The number of carbonyl (C=O) groups is 4. The Kier molecular flexibility index (Phi) is 22.3. The second-order valence-electron chi connectivity index (χ2n) is 12.3. The third-order valence-electron chi connectivity index (χ3n) is 7.52. The summed E-state index contributed by atoms with van der Waals surface area (Å²) in [5.74, 6) is -0.510. The third-order valence-corrected chi connectivity index (χ3v) is 12.2. The van der Waals surface area contributed by atoms with Gasteiger partial charge in [-0.2, -0.15) is 28.1 Å². The number of hydrogen-bond donors (Lipinski definition) is 3. The van der Waals surface area contributed by atoms with Crippen LogP contribution in [0.5, 0.6) is 0 Å². The second-order valence-corrected chi connectivity index (χ2v) is 17.6. The molecule has 1 aromatic heterocycles. The number of aromatic nitrogens is 2. The Labute approximate surface area is 389 Å². The Morgan fingerprint density at radius 2 is 1.14 bits per heavy atom. The highest BCUT2D eigenvalue weighted by Gasteiger charge is 2.37. The summed E-state index contributed by atoms with van der Waals surface area (Å²) in [6, 6.07) is 8.48. The van der Waals surface area contributed by atoms with Crippen LogP contribution < -0.4 is 22.3 Å². The minimum Gasteiger partial charge on any atom is -0.468 e. The Hall–Kier alpha value is -4.65. The number of methoxy groups -OCH3 is 3. The van der Waals surface area contributed by atoms with Gasteiger partial charge in [0.25, 0.3) is 11.3 Å². The number of hydrogen-bond acceptors (Lipinski definition) is 16. The largest absolute Gasteiger partial charge is 0.468 e. The van der Waals surface area contributed by atoms with Gasteiger partial charge in [-0.1, -0.05) is 34.8 Å². The molecule has 14 nitrogen and oxygen atoms in total. The maximum atomic E-state index is 14.2. The van der Waals surface area contributed by atoms with Gasteiger partial charge in [0.15, 0.2) is 5.82 Å². The lowest BCUT2D eigenvalue weighted by atomic mass is 10.3. The first-order valence-corrected chi connectivity index (χ1v) is 21.3. The number of nitrogens with zero attached hydrogens (tertiary/aromatic N) is 3. The molecule has 26 heteroatoms. The zero-order valence-corrected chi connectivity index (χ0v) is 39.0. The van der Waals surface area contributed by atoms with Crippen LogP contribution in [0, 0.1) is 24.4 Å². The van der Waals surface area contributed by atoms with E-state index in [0.717, 1.165) is 52.5 Å². The Balaban J connectivity index is 0.000000335. The minimum atomic E-state index is -5.07. The van der Waals surface area contributed by atoms with Gasteiger partial charge in [0.05, 0.1) is 60.2 Å². The highest BCUT2D eigenvalue weighted by Crippen LogP contribution is 2.37. The van der Waals surface area contributed by atoms with Gasteiger partial charge in [-0.05, 0) is 69.7 Å². The van der Waals surface area contributed by atoms with E-state index >= 15 is 0 Å². The van der Waals surface area contributed by atoms with Gasteiger partial charge >= 0.3 is 24.1 Å². The van der Waals surface area contributed by atoms with Crippen LogP contribution in [-0.2, 0) is 33.4 Å². The summed E-state index contributed by atoms with van der Waals surface area (Å²) in [7, 11) is 3.79. The average Bonchev–Trinajstić information content (AvgIpc) is 3.23. The van der Waals surface area contributed by atoms with Gasteiger partial charge in [-0.15, -0.1) is 35.3 Å². The minimum absolute atomic E-state index is 0.00542. The number of thioether (sulfide) groups is 3. The number of alkyl halides is 3. The quantitative estimate of drug-likeness (QED) is 0.0206. The molecule has 0 fully saturated rings. The highest BCUT2D eigenvalue weighted by molar-refractivity contribution is 8.01. The van der Waals surface area contributed by atoms with E-state index in [1.54, 1.807) is 20.8 Å². The number of ketones is 1. The molecule has 3 aromatic carbocycles. The highest BCUT2D eigenvalue weighted by atomic mass is 35.5. The molecule has 1 heterocycles. The molecule has 0 saturated heterocycles. The van der Waals surface area contributed by atoms with Crippen LogP contribution in [-0.4, -0.2) is 82.9 Å². The molecule has 0 aliphatic carbocycles. The molecule has 0 saturated carbocycles. The number of hydrazone groups is 1. The van der Waals surface area contributed by atoms with Gasteiger partial charge in [-0.3, -0.25) is 35.2 Å². The number of hydrazine groups is 1. The standard InChI is InChI=1S/C15H14ClFN2O3S.C13H11ClF4N2O3S.C10H12ClFN2O2S/c1-8-4-14(20)19(18-7-8)12-6-13(10(16)5-11(12)17)23-9(2)15(21)22-3;1-6(12(22)23-2)24-10-4-9(8(15)3-7(10)14)20-19-5-11(21)13(16,17)18;1-5(10(15)16-2)17-9-4-8(14-13)7(12)3-6(9)11/h4-7,9H,1-3H3;3-6,20H,1-2H3;3-5,14H,13H2,1-2H3/b;19-5-;. The molecule has 0 aliphatic rings. The van der Waals surface area contributed by atoms with E-state index in [1.807, 2.05) is 5.43 Å². The van der Waals surface area contributed by atoms with Crippen molar-refractivity contribution in [1.29, 1.82) is 0 Å². The molecule has 0 radical (unpaired) electrons. The summed E-state index contributed by atoms with van der Waals surface area (Å²) in [6.45, 7) is 6.57. The fourth-order valence-electron chi connectivity index (χ4n) is 4.33. The number of esters is 3. The number of nitrogens with one attached hydrogen (secondary N) is 2. The number of Topliss-reactive ketones (excluding diaryl/α,β-unsaturated/α-hetero) is 1. The van der Waals surface area contributed by atoms with Crippen molar-refractivity contribution >= 4 is 111 Å². The monoisotopic (exact) mass is 1020 g/mol. The molecule has 348 valence electrons. The van der Waals surface area contributed by atoms with Crippen LogP contribution in [0.3, 0.4) is 0 Å². The van der Waals surface area contributed by atoms with E-state index in [2.05, 4.69) is 29.8 Å². The molecule has 0 spiro atoms. The summed E-state index contributed by atoms with van der Waals surface area (Å²) in [6.07, 6.45) is -3.63. The van der Waals surface area contributed by atoms with Crippen LogP contribution in [0.15, 0.2) is 73.2 Å². The maximum absolute atomic E-state index is 14.2. The topological polar surface area (TPSA) is 193 Å². The summed E-state index contributed by atoms with van der Waals surface area (Å²) < 4.78 is 91.9. The number of benzene rings is 3. The van der Waals surface area contributed by atoms with Gasteiger partial charge in [0.2, 0.25) is 0 Å². The van der Waals surface area contributed by atoms with E-state index in [9.17, 15) is 50.3 Å². The molecule has 0 bridgehead atoms. The molecule has 4 N–H and O–H groups in total. The van der Waals surface area contributed by atoms with Gasteiger partial charge in [0, 0.05) is 20.8 Å². The number of halogens is 9. The van der Waals surface area contributed by atoms with Crippen molar-refractivity contribution in [2.45, 2.75) is 64.3 Å².